The average Bonchev–Trinajstić information content (AvgIpc) is 2.37. The maximum absolute atomic E-state index is 4.67. The van der Waals surface area contributed by atoms with E-state index in [0.29, 0.717) is 17.9 Å². The summed E-state index contributed by atoms with van der Waals surface area (Å²) in [5, 5.41) is 3.50. The van der Waals surface area contributed by atoms with Gasteiger partial charge < -0.3 is 10.2 Å². The first-order chi connectivity index (χ1) is 9.45. The zero-order valence-electron chi connectivity index (χ0n) is 14.0. The Morgan fingerprint density at radius 1 is 1.10 bits per heavy atom. The van der Waals surface area contributed by atoms with Gasteiger partial charge in [-0.05, 0) is 31.4 Å². The minimum atomic E-state index is 0.338. The lowest BCUT2D eigenvalue weighted by Crippen LogP contribution is -2.34. The highest BCUT2D eigenvalue weighted by Gasteiger charge is 2.18. The molecule has 0 aliphatic heterocycles. The van der Waals surface area contributed by atoms with Crippen LogP contribution in [0.4, 0.5) is 5.82 Å². The van der Waals surface area contributed by atoms with E-state index < -0.39 is 0 Å². The number of hydrogen-bond acceptors (Lipinski definition) is 3. The molecule has 0 spiro atoms. The minimum Gasteiger partial charge on any atom is -0.356 e. The van der Waals surface area contributed by atoms with E-state index in [1.54, 1.807) is 0 Å². The van der Waals surface area contributed by atoms with E-state index >= 15 is 0 Å². The number of hydrogen-bond donors (Lipinski definition) is 1. The van der Waals surface area contributed by atoms with Gasteiger partial charge in [-0.3, -0.25) is 0 Å². The van der Waals surface area contributed by atoms with Crippen molar-refractivity contribution in [1.29, 1.82) is 0 Å². The van der Waals surface area contributed by atoms with E-state index in [2.05, 4.69) is 62.8 Å². The largest absolute Gasteiger partial charge is 0.356 e. The van der Waals surface area contributed by atoms with E-state index in [9.17, 15) is 0 Å². The van der Waals surface area contributed by atoms with Crippen LogP contribution in [0.3, 0.4) is 0 Å². The van der Waals surface area contributed by atoms with Gasteiger partial charge in [0.15, 0.2) is 0 Å². The summed E-state index contributed by atoms with van der Waals surface area (Å²) in [5.41, 5.74) is 1.30. The third-order valence-corrected chi connectivity index (χ3v) is 3.26. The lowest BCUT2D eigenvalue weighted by molar-refractivity contribution is 0.539. The molecule has 1 aromatic rings. The summed E-state index contributed by atoms with van der Waals surface area (Å²) < 4.78 is 0. The molecule has 3 nitrogen and oxygen atoms in total. The second kappa shape index (κ2) is 8.25. The van der Waals surface area contributed by atoms with Crippen molar-refractivity contribution in [2.45, 2.75) is 47.6 Å². The van der Waals surface area contributed by atoms with Crippen molar-refractivity contribution in [1.82, 2.24) is 10.3 Å². The highest BCUT2D eigenvalue weighted by molar-refractivity contribution is 5.48. The standard InChI is InChI=1S/C17H31N3/c1-7-18-15(6)16-9-8-10-19-17(16)20(11-13(2)3)12-14(4)5/h8-10,13-15,18H,7,11-12H2,1-6H3. The average molecular weight is 277 g/mol. The molecule has 3 heteroatoms. The van der Waals surface area contributed by atoms with Crippen LogP contribution in [0.5, 0.6) is 0 Å². The first-order valence-electron chi connectivity index (χ1n) is 7.88. The Bertz CT molecular complexity index is 378. The second-order valence-electron chi connectivity index (χ2n) is 6.39. The molecule has 0 bridgehead atoms. The predicted molar refractivity (Wildman–Crippen MR) is 88.2 cm³/mol. The number of aromatic nitrogens is 1. The highest BCUT2D eigenvalue weighted by atomic mass is 15.2. The lowest BCUT2D eigenvalue weighted by Gasteiger charge is -2.30. The van der Waals surface area contributed by atoms with Crippen molar-refractivity contribution < 1.29 is 0 Å². The Morgan fingerprint density at radius 2 is 1.70 bits per heavy atom. The molecule has 1 rings (SSSR count). The van der Waals surface area contributed by atoms with Gasteiger partial charge in [-0.25, -0.2) is 4.98 Å². The third kappa shape index (κ3) is 5.12. The van der Waals surface area contributed by atoms with E-state index in [1.807, 2.05) is 12.3 Å². The van der Waals surface area contributed by atoms with Crippen molar-refractivity contribution in [3.8, 4) is 0 Å². The van der Waals surface area contributed by atoms with Gasteiger partial charge in [0, 0.05) is 30.9 Å². The van der Waals surface area contributed by atoms with Crippen LogP contribution >= 0.6 is 0 Å². The molecule has 0 fully saturated rings. The van der Waals surface area contributed by atoms with Gasteiger partial charge in [-0.1, -0.05) is 40.7 Å². The SMILES string of the molecule is CCNC(C)c1cccnc1N(CC(C)C)CC(C)C. The Morgan fingerprint density at radius 3 is 2.20 bits per heavy atom. The van der Waals surface area contributed by atoms with Gasteiger partial charge in [-0.15, -0.1) is 0 Å². The molecule has 1 aromatic heterocycles. The molecule has 0 amide bonds. The fourth-order valence-corrected chi connectivity index (χ4v) is 2.56. The van der Waals surface area contributed by atoms with Crippen LogP contribution in [0.2, 0.25) is 0 Å². The van der Waals surface area contributed by atoms with Crippen LogP contribution in [-0.2, 0) is 0 Å². The summed E-state index contributed by atoms with van der Waals surface area (Å²) in [6.07, 6.45) is 1.91. The van der Waals surface area contributed by atoms with E-state index in [-0.39, 0.29) is 0 Å². The zero-order chi connectivity index (χ0) is 15.1. The van der Waals surface area contributed by atoms with Crippen LogP contribution in [-0.4, -0.2) is 24.6 Å². The number of nitrogens with one attached hydrogen (secondary N) is 1. The van der Waals surface area contributed by atoms with Gasteiger partial charge in [0.25, 0.3) is 0 Å². The van der Waals surface area contributed by atoms with Gasteiger partial charge in [0.2, 0.25) is 0 Å². The second-order valence-corrected chi connectivity index (χ2v) is 6.39. The van der Waals surface area contributed by atoms with E-state index in [0.717, 1.165) is 25.5 Å². The van der Waals surface area contributed by atoms with Crippen LogP contribution in [0, 0.1) is 11.8 Å². The lowest BCUT2D eigenvalue weighted by atomic mass is 10.1. The van der Waals surface area contributed by atoms with Crippen molar-refractivity contribution in [2.75, 3.05) is 24.5 Å². The van der Waals surface area contributed by atoms with Crippen LogP contribution in [0.25, 0.3) is 0 Å². The maximum atomic E-state index is 4.67. The maximum Gasteiger partial charge on any atom is 0.133 e. The normalized spacial score (nSPS) is 13.0. The first kappa shape index (κ1) is 17.0. The summed E-state index contributed by atoms with van der Waals surface area (Å²) in [6.45, 7) is 16.5. The number of rotatable bonds is 8. The van der Waals surface area contributed by atoms with Crippen LogP contribution < -0.4 is 10.2 Å². The molecular weight excluding hydrogens is 246 g/mol. The van der Waals surface area contributed by atoms with Gasteiger partial charge in [0.05, 0.1) is 0 Å². The molecule has 20 heavy (non-hydrogen) atoms. The Hall–Kier alpha value is -1.09. The summed E-state index contributed by atoms with van der Waals surface area (Å²) in [6, 6.07) is 4.57. The van der Waals surface area contributed by atoms with Crippen LogP contribution in [0.1, 0.15) is 53.1 Å². The monoisotopic (exact) mass is 277 g/mol. The fourth-order valence-electron chi connectivity index (χ4n) is 2.56. The van der Waals surface area contributed by atoms with Gasteiger partial charge in [0.1, 0.15) is 5.82 Å². The first-order valence-corrected chi connectivity index (χ1v) is 7.88. The van der Waals surface area contributed by atoms with Crippen LogP contribution in [0.15, 0.2) is 18.3 Å². The molecular formula is C17H31N3. The molecule has 1 atom stereocenters. The molecule has 1 heterocycles. The molecule has 0 aliphatic carbocycles. The van der Waals surface area contributed by atoms with Gasteiger partial charge >= 0.3 is 0 Å². The van der Waals surface area contributed by atoms with Crippen molar-refractivity contribution >= 4 is 5.82 Å². The Balaban J connectivity index is 3.05. The van der Waals surface area contributed by atoms with Crippen molar-refractivity contribution in [3.05, 3.63) is 23.9 Å². The van der Waals surface area contributed by atoms with Crippen molar-refractivity contribution in [3.63, 3.8) is 0 Å². The summed E-state index contributed by atoms with van der Waals surface area (Å²) >= 11 is 0. The number of anilines is 1. The topological polar surface area (TPSA) is 28.2 Å². The summed E-state index contributed by atoms with van der Waals surface area (Å²) in [4.78, 5) is 7.12. The predicted octanol–water partition coefficient (Wildman–Crippen LogP) is 3.87. The third-order valence-electron chi connectivity index (χ3n) is 3.26. The van der Waals surface area contributed by atoms with E-state index in [1.165, 1.54) is 5.56 Å². The van der Waals surface area contributed by atoms with Gasteiger partial charge in [-0.2, -0.15) is 0 Å². The molecule has 1 N–H and O–H groups in total. The smallest absolute Gasteiger partial charge is 0.133 e. The molecule has 0 saturated carbocycles. The molecule has 0 aromatic carbocycles. The highest BCUT2D eigenvalue weighted by Crippen LogP contribution is 2.25. The molecule has 0 radical (unpaired) electrons. The molecule has 0 aliphatic rings. The Kier molecular flexibility index (Phi) is 7.00. The fraction of sp³-hybridized carbons (Fsp3) is 0.706. The van der Waals surface area contributed by atoms with E-state index in [4.69, 9.17) is 0 Å². The number of nitrogens with zero attached hydrogens (tertiary/aromatic N) is 2. The Labute approximate surface area is 124 Å². The summed E-state index contributed by atoms with van der Waals surface area (Å²) in [5.74, 6) is 2.42. The molecule has 1 unspecified atom stereocenters. The quantitative estimate of drug-likeness (QED) is 0.782. The summed E-state index contributed by atoms with van der Waals surface area (Å²) in [7, 11) is 0. The molecule has 114 valence electrons. The van der Waals surface area contributed by atoms with Crippen molar-refractivity contribution in [2.24, 2.45) is 11.8 Å². The number of pyridine rings is 1. The zero-order valence-corrected chi connectivity index (χ0v) is 14.0. The molecule has 0 saturated heterocycles. The minimum absolute atomic E-state index is 0.338.